The molecule has 1 heterocycles. The summed E-state index contributed by atoms with van der Waals surface area (Å²) in [6, 6.07) is 0. The lowest BCUT2D eigenvalue weighted by Crippen LogP contribution is -2.46. The zero-order valence-electron chi connectivity index (χ0n) is 17.5. The normalized spacial score (nSPS) is 22.1. The molecular formula is C20H34O6Si. The van der Waals surface area contributed by atoms with Gasteiger partial charge in [-0.15, -0.1) is 0 Å². The Morgan fingerprint density at radius 1 is 1.33 bits per heavy atom. The predicted molar refractivity (Wildman–Crippen MR) is 107 cm³/mol. The molecule has 0 aromatic heterocycles. The Hall–Kier alpha value is -1.44. The van der Waals surface area contributed by atoms with Crippen molar-refractivity contribution in [3.63, 3.8) is 0 Å². The molecule has 0 amide bonds. The van der Waals surface area contributed by atoms with Gasteiger partial charge in [0.1, 0.15) is 18.3 Å². The van der Waals surface area contributed by atoms with Gasteiger partial charge >= 0.3 is 11.9 Å². The van der Waals surface area contributed by atoms with Crippen LogP contribution >= 0.6 is 0 Å². The van der Waals surface area contributed by atoms with E-state index >= 15 is 0 Å². The van der Waals surface area contributed by atoms with Gasteiger partial charge < -0.3 is 19.0 Å². The minimum Gasteiger partial charge on any atom is -0.459 e. The van der Waals surface area contributed by atoms with Crippen LogP contribution in [0.15, 0.2) is 24.3 Å². The Morgan fingerprint density at radius 2 is 1.96 bits per heavy atom. The van der Waals surface area contributed by atoms with Crippen molar-refractivity contribution in [2.75, 3.05) is 0 Å². The van der Waals surface area contributed by atoms with Gasteiger partial charge in [-0.05, 0) is 44.5 Å². The van der Waals surface area contributed by atoms with Crippen LogP contribution in [-0.4, -0.2) is 49.8 Å². The third-order valence-corrected chi connectivity index (χ3v) is 9.67. The number of carbonyl (C=O) groups is 2. The van der Waals surface area contributed by atoms with Gasteiger partial charge in [0.15, 0.2) is 8.32 Å². The van der Waals surface area contributed by atoms with Crippen LogP contribution in [0.1, 0.15) is 47.5 Å². The number of carbonyl (C=O) groups excluding carboxylic acids is 2. The second kappa shape index (κ2) is 9.66. The smallest absolute Gasteiger partial charge is 0.331 e. The van der Waals surface area contributed by atoms with Crippen molar-refractivity contribution in [1.82, 2.24) is 0 Å². The number of aliphatic hydroxyl groups excluding tert-OH is 1. The van der Waals surface area contributed by atoms with Crippen molar-refractivity contribution in [3.8, 4) is 0 Å². The van der Waals surface area contributed by atoms with E-state index in [1.807, 2.05) is 6.92 Å². The summed E-state index contributed by atoms with van der Waals surface area (Å²) < 4.78 is 16.9. The zero-order valence-corrected chi connectivity index (χ0v) is 18.5. The van der Waals surface area contributed by atoms with Crippen LogP contribution in [-0.2, 0) is 23.5 Å². The van der Waals surface area contributed by atoms with Gasteiger partial charge in [-0.2, -0.15) is 0 Å². The van der Waals surface area contributed by atoms with Crippen molar-refractivity contribution in [3.05, 3.63) is 24.3 Å². The number of aliphatic hydroxyl groups is 1. The van der Waals surface area contributed by atoms with Crippen LogP contribution in [0.3, 0.4) is 0 Å². The van der Waals surface area contributed by atoms with Crippen LogP contribution in [0.4, 0.5) is 0 Å². The minimum atomic E-state index is -2.07. The molecule has 154 valence electrons. The summed E-state index contributed by atoms with van der Waals surface area (Å²) in [4.78, 5) is 23.2. The van der Waals surface area contributed by atoms with E-state index in [9.17, 15) is 14.7 Å². The maximum absolute atomic E-state index is 11.9. The molecule has 1 aliphatic rings. The maximum atomic E-state index is 11.9. The number of allylic oxidation sites excluding steroid dienone is 1. The Labute approximate surface area is 163 Å². The van der Waals surface area contributed by atoms with Gasteiger partial charge in [-0.3, -0.25) is 4.79 Å². The fourth-order valence-electron chi connectivity index (χ4n) is 2.44. The first-order valence-corrected chi connectivity index (χ1v) is 12.3. The summed E-state index contributed by atoms with van der Waals surface area (Å²) >= 11 is 0. The molecule has 0 spiro atoms. The first kappa shape index (κ1) is 23.6. The molecule has 1 N–H and O–H groups in total. The molecule has 0 saturated carbocycles. The number of hydrogen-bond donors (Lipinski definition) is 1. The van der Waals surface area contributed by atoms with E-state index < -0.39 is 32.6 Å². The van der Waals surface area contributed by atoms with Gasteiger partial charge in [0.25, 0.3) is 0 Å². The second-order valence-corrected chi connectivity index (χ2v) is 13.2. The molecule has 1 rings (SSSR count). The van der Waals surface area contributed by atoms with Gasteiger partial charge in [0, 0.05) is 12.5 Å². The molecule has 1 aliphatic heterocycles. The van der Waals surface area contributed by atoms with E-state index in [2.05, 4.69) is 33.9 Å². The van der Waals surface area contributed by atoms with E-state index in [0.717, 1.165) is 0 Å². The lowest BCUT2D eigenvalue weighted by atomic mass is 10.1. The topological polar surface area (TPSA) is 82.1 Å². The summed E-state index contributed by atoms with van der Waals surface area (Å²) in [5.74, 6) is -0.780. The van der Waals surface area contributed by atoms with Crippen LogP contribution in [0.2, 0.25) is 18.1 Å². The fourth-order valence-corrected chi connectivity index (χ4v) is 3.86. The van der Waals surface area contributed by atoms with E-state index in [1.165, 1.54) is 12.2 Å². The van der Waals surface area contributed by atoms with Gasteiger partial charge in [-0.25, -0.2) is 4.79 Å². The predicted octanol–water partition coefficient (Wildman–Crippen LogP) is 3.51. The van der Waals surface area contributed by atoms with E-state index in [0.29, 0.717) is 12.8 Å². The third-order valence-electron chi connectivity index (χ3n) is 5.10. The van der Waals surface area contributed by atoms with E-state index in [4.69, 9.17) is 13.9 Å². The molecule has 7 heteroatoms. The summed E-state index contributed by atoms with van der Waals surface area (Å²) in [6.45, 7) is 14.3. The van der Waals surface area contributed by atoms with Crippen LogP contribution in [0.5, 0.6) is 0 Å². The molecule has 1 saturated heterocycles. The highest BCUT2D eigenvalue weighted by Crippen LogP contribution is 2.37. The maximum Gasteiger partial charge on any atom is 0.331 e. The van der Waals surface area contributed by atoms with Gasteiger partial charge in [0.05, 0.1) is 6.10 Å². The molecule has 1 fully saturated rings. The lowest BCUT2D eigenvalue weighted by Gasteiger charge is -2.39. The van der Waals surface area contributed by atoms with Crippen molar-refractivity contribution < 1.29 is 28.6 Å². The standard InChI is InChI=1S/C20H34O6Si/c1-8-9-18(22)24-16(14(2)26-27(6,7)20(3,4)5)11-10-15(21)17-12-13-19(23)25-17/h8-11,14-17,21H,12-13H2,1-7H3/b9-8+,11-10+/t14-,15-,16+,17+/m1/s1. The first-order chi connectivity index (χ1) is 12.4. The molecule has 6 nitrogen and oxygen atoms in total. The van der Waals surface area contributed by atoms with Crippen LogP contribution in [0.25, 0.3) is 0 Å². The van der Waals surface area contributed by atoms with Crippen LogP contribution < -0.4 is 0 Å². The molecule has 0 bridgehead atoms. The Bertz CT molecular complexity index is 576. The minimum absolute atomic E-state index is 0.0143. The van der Waals surface area contributed by atoms with Crippen molar-refractivity contribution in [1.29, 1.82) is 0 Å². The summed E-state index contributed by atoms with van der Waals surface area (Å²) in [6.07, 6.45) is 4.33. The fraction of sp³-hybridized carbons (Fsp3) is 0.700. The van der Waals surface area contributed by atoms with Gasteiger partial charge in [0.2, 0.25) is 0 Å². The monoisotopic (exact) mass is 398 g/mol. The average Bonchev–Trinajstić information content (AvgIpc) is 2.96. The zero-order chi connectivity index (χ0) is 20.8. The van der Waals surface area contributed by atoms with Crippen molar-refractivity contribution >= 4 is 20.3 Å². The molecule has 4 atom stereocenters. The lowest BCUT2D eigenvalue weighted by molar-refractivity contribution is -0.144. The SMILES string of the molecule is C/C=C/C(=O)O[C@@H](/C=C/[C@@H](O)[C@@H]1CCC(=O)O1)[C@@H](C)O[Si](C)(C)C(C)(C)C. The van der Waals surface area contributed by atoms with E-state index in [-0.39, 0.29) is 17.1 Å². The molecular weight excluding hydrogens is 364 g/mol. The highest BCUT2D eigenvalue weighted by molar-refractivity contribution is 6.74. The first-order valence-electron chi connectivity index (χ1n) is 9.44. The molecule has 0 aromatic carbocycles. The Balaban J connectivity index is 2.90. The summed E-state index contributed by atoms with van der Waals surface area (Å²) in [5.41, 5.74) is 0. The van der Waals surface area contributed by atoms with Gasteiger partial charge in [-0.1, -0.05) is 32.9 Å². The molecule has 0 aliphatic carbocycles. The third kappa shape index (κ3) is 7.24. The van der Waals surface area contributed by atoms with Crippen molar-refractivity contribution in [2.24, 2.45) is 0 Å². The van der Waals surface area contributed by atoms with Crippen LogP contribution in [0, 0.1) is 0 Å². The second-order valence-electron chi connectivity index (χ2n) is 8.43. The quantitative estimate of drug-likeness (QED) is 0.292. The Morgan fingerprint density at radius 3 is 2.44 bits per heavy atom. The van der Waals surface area contributed by atoms with Crippen molar-refractivity contribution in [2.45, 2.75) is 90.0 Å². The molecule has 27 heavy (non-hydrogen) atoms. The number of esters is 2. The average molecular weight is 399 g/mol. The molecule has 0 radical (unpaired) electrons. The highest BCUT2D eigenvalue weighted by Gasteiger charge is 2.40. The number of hydrogen-bond acceptors (Lipinski definition) is 6. The summed E-state index contributed by atoms with van der Waals surface area (Å²) in [7, 11) is -2.07. The highest BCUT2D eigenvalue weighted by atomic mass is 28.4. The molecule has 0 unspecified atom stereocenters. The number of rotatable bonds is 8. The Kier molecular flexibility index (Phi) is 8.44. The largest absolute Gasteiger partial charge is 0.459 e. The summed E-state index contributed by atoms with van der Waals surface area (Å²) in [5, 5.41) is 10.3. The van der Waals surface area contributed by atoms with E-state index in [1.54, 1.807) is 19.1 Å². The number of cyclic esters (lactones) is 1. The molecule has 0 aromatic rings. The number of ether oxygens (including phenoxy) is 2.